The minimum Gasteiger partial charge on any atom is -0.329 e. The van der Waals surface area contributed by atoms with E-state index in [2.05, 4.69) is 35.3 Å². The number of nitrogens with zero attached hydrogens (tertiary/aromatic N) is 4. The molecule has 2 aliphatic rings. The highest BCUT2D eigenvalue weighted by Crippen LogP contribution is 2.29. The molecule has 146 valence electrons. The smallest absolute Gasteiger partial charge is 0.294 e. The van der Waals surface area contributed by atoms with E-state index >= 15 is 0 Å². The highest BCUT2D eigenvalue weighted by Gasteiger charge is 2.39. The quantitative estimate of drug-likeness (QED) is 0.876. The molecule has 0 aliphatic carbocycles. The molecule has 2 atom stereocenters. The van der Waals surface area contributed by atoms with Crippen LogP contribution < -0.4 is 5.32 Å². The normalized spacial score (nSPS) is 21.9. The largest absolute Gasteiger partial charge is 0.329 e. The second-order valence-electron chi connectivity index (χ2n) is 7.70. The molecule has 2 fully saturated rings. The number of rotatable bonds is 3. The van der Waals surface area contributed by atoms with Crippen molar-refractivity contribution in [2.45, 2.75) is 58.0 Å². The van der Waals surface area contributed by atoms with Gasteiger partial charge in [-0.05, 0) is 50.3 Å². The van der Waals surface area contributed by atoms with Crippen LogP contribution in [0, 0.1) is 6.92 Å². The van der Waals surface area contributed by atoms with E-state index in [1.807, 2.05) is 34.7 Å². The van der Waals surface area contributed by atoms with E-state index in [1.165, 1.54) is 5.56 Å². The fraction of sp³-hybridized carbons (Fsp3) is 0.550. The summed E-state index contributed by atoms with van der Waals surface area (Å²) < 4.78 is 1.82. The maximum absolute atomic E-state index is 13.2. The van der Waals surface area contributed by atoms with Gasteiger partial charge in [0, 0.05) is 18.6 Å². The van der Waals surface area contributed by atoms with E-state index in [9.17, 15) is 4.79 Å². The summed E-state index contributed by atoms with van der Waals surface area (Å²) in [6.07, 6.45) is 3.17. The molecular weight excluding hydrogens is 362 g/mol. The standard InChI is InChI=1S/C20H27N5O.ClH/c1-13(2)17-6-4-5-7-18(17)25-14(3)22-19(23-25)20(26)24-15-8-9-16(24)12-21-11-10-15;/h4-7,13,15-16,21H,8-12H2,1-3H3;1H. The van der Waals surface area contributed by atoms with Gasteiger partial charge in [-0.2, -0.15) is 0 Å². The topological polar surface area (TPSA) is 63.1 Å². The number of aromatic nitrogens is 3. The van der Waals surface area contributed by atoms with Crippen molar-refractivity contribution >= 4 is 18.3 Å². The Morgan fingerprint density at radius 2 is 1.93 bits per heavy atom. The Morgan fingerprint density at radius 1 is 1.19 bits per heavy atom. The van der Waals surface area contributed by atoms with Crippen molar-refractivity contribution in [1.29, 1.82) is 0 Å². The van der Waals surface area contributed by atoms with Crippen LogP contribution in [0.3, 0.4) is 0 Å². The summed E-state index contributed by atoms with van der Waals surface area (Å²) in [4.78, 5) is 19.8. The molecule has 0 spiro atoms. The van der Waals surface area contributed by atoms with Gasteiger partial charge in [-0.1, -0.05) is 32.0 Å². The summed E-state index contributed by atoms with van der Waals surface area (Å²) in [5.74, 6) is 1.42. The Hall–Kier alpha value is -1.92. The summed E-state index contributed by atoms with van der Waals surface area (Å²) in [5.41, 5.74) is 2.21. The van der Waals surface area contributed by atoms with Gasteiger partial charge >= 0.3 is 0 Å². The Morgan fingerprint density at radius 3 is 2.70 bits per heavy atom. The van der Waals surface area contributed by atoms with E-state index < -0.39 is 0 Å². The number of carbonyl (C=O) groups is 1. The van der Waals surface area contributed by atoms with Crippen LogP contribution in [-0.4, -0.2) is 50.7 Å². The number of amides is 1. The lowest BCUT2D eigenvalue weighted by atomic mass is 10.0. The molecule has 27 heavy (non-hydrogen) atoms. The highest BCUT2D eigenvalue weighted by atomic mass is 35.5. The molecule has 2 aliphatic heterocycles. The minimum absolute atomic E-state index is 0. The van der Waals surface area contributed by atoms with Crippen LogP contribution in [0.15, 0.2) is 24.3 Å². The molecule has 0 saturated carbocycles. The van der Waals surface area contributed by atoms with E-state index in [4.69, 9.17) is 0 Å². The third-order valence-electron chi connectivity index (χ3n) is 5.64. The number of hydrogen-bond acceptors (Lipinski definition) is 4. The highest BCUT2D eigenvalue weighted by molar-refractivity contribution is 5.91. The molecule has 1 amide bonds. The molecule has 3 heterocycles. The lowest BCUT2D eigenvalue weighted by Crippen LogP contribution is -2.43. The second kappa shape index (κ2) is 7.98. The van der Waals surface area contributed by atoms with E-state index in [1.54, 1.807) is 0 Å². The van der Waals surface area contributed by atoms with Gasteiger partial charge < -0.3 is 10.2 Å². The number of halogens is 1. The maximum Gasteiger partial charge on any atom is 0.294 e. The van der Waals surface area contributed by atoms with Crippen LogP contribution in [0.2, 0.25) is 0 Å². The molecular formula is C20H28ClN5O. The molecule has 0 radical (unpaired) electrons. The average Bonchev–Trinajstić information content (AvgIpc) is 3.13. The molecule has 6 nitrogen and oxygen atoms in total. The van der Waals surface area contributed by atoms with Gasteiger partial charge in [0.15, 0.2) is 0 Å². The van der Waals surface area contributed by atoms with Gasteiger partial charge in [0.25, 0.3) is 5.91 Å². The molecule has 2 unspecified atom stereocenters. The zero-order valence-electron chi connectivity index (χ0n) is 16.2. The van der Waals surface area contributed by atoms with Crippen molar-refractivity contribution in [3.8, 4) is 5.69 Å². The van der Waals surface area contributed by atoms with Gasteiger partial charge in [0.1, 0.15) is 5.82 Å². The first-order valence-corrected chi connectivity index (χ1v) is 9.62. The first kappa shape index (κ1) is 19.8. The van der Waals surface area contributed by atoms with E-state index in [0.717, 1.165) is 43.9 Å². The summed E-state index contributed by atoms with van der Waals surface area (Å²) in [6.45, 7) is 8.10. The van der Waals surface area contributed by atoms with Crippen molar-refractivity contribution in [3.63, 3.8) is 0 Å². The van der Waals surface area contributed by atoms with Crippen LogP contribution in [-0.2, 0) is 0 Å². The second-order valence-corrected chi connectivity index (χ2v) is 7.70. The number of fused-ring (bicyclic) bond motifs is 2. The Balaban J connectivity index is 0.00000210. The van der Waals surface area contributed by atoms with E-state index in [-0.39, 0.29) is 24.4 Å². The van der Waals surface area contributed by atoms with Crippen LogP contribution >= 0.6 is 12.4 Å². The maximum atomic E-state index is 13.2. The molecule has 4 rings (SSSR count). The van der Waals surface area contributed by atoms with Crippen molar-refractivity contribution in [2.24, 2.45) is 0 Å². The van der Waals surface area contributed by atoms with Gasteiger partial charge in [0.05, 0.1) is 5.69 Å². The van der Waals surface area contributed by atoms with Crippen LogP contribution in [0.4, 0.5) is 0 Å². The number of carbonyl (C=O) groups excluding carboxylic acids is 1. The van der Waals surface area contributed by atoms with Crippen LogP contribution in [0.1, 0.15) is 61.0 Å². The fourth-order valence-corrected chi connectivity index (χ4v) is 4.31. The summed E-state index contributed by atoms with van der Waals surface area (Å²) in [5, 5.41) is 8.06. The Bertz CT molecular complexity index is 804. The lowest BCUT2D eigenvalue weighted by Gasteiger charge is -2.26. The van der Waals surface area contributed by atoms with Gasteiger partial charge in [-0.25, -0.2) is 9.67 Å². The molecule has 2 saturated heterocycles. The van der Waals surface area contributed by atoms with Crippen molar-refractivity contribution in [1.82, 2.24) is 25.0 Å². The molecule has 1 N–H and O–H groups in total. The van der Waals surface area contributed by atoms with Gasteiger partial charge in [-0.15, -0.1) is 17.5 Å². The zero-order valence-corrected chi connectivity index (χ0v) is 17.0. The molecule has 7 heteroatoms. The SMILES string of the molecule is Cc1nc(C(=O)N2C3CCNCC2CC3)nn1-c1ccccc1C(C)C.Cl. The molecule has 1 aromatic carbocycles. The zero-order chi connectivity index (χ0) is 18.3. The summed E-state index contributed by atoms with van der Waals surface area (Å²) >= 11 is 0. The lowest BCUT2D eigenvalue weighted by molar-refractivity contribution is 0.0667. The number of aryl methyl sites for hydroxylation is 1. The minimum atomic E-state index is -0.0231. The third-order valence-corrected chi connectivity index (χ3v) is 5.64. The average molecular weight is 390 g/mol. The number of benzene rings is 1. The Labute approximate surface area is 166 Å². The number of para-hydroxylation sites is 1. The first-order chi connectivity index (χ1) is 12.6. The monoisotopic (exact) mass is 389 g/mol. The molecule has 1 aromatic heterocycles. The van der Waals surface area contributed by atoms with E-state index in [0.29, 0.717) is 17.8 Å². The summed E-state index contributed by atoms with van der Waals surface area (Å²) in [6, 6.07) is 8.79. The molecule has 2 bridgehead atoms. The summed E-state index contributed by atoms with van der Waals surface area (Å²) in [7, 11) is 0. The van der Waals surface area contributed by atoms with Crippen LogP contribution in [0.25, 0.3) is 5.69 Å². The van der Waals surface area contributed by atoms with Crippen LogP contribution in [0.5, 0.6) is 0 Å². The van der Waals surface area contributed by atoms with Crippen molar-refractivity contribution in [3.05, 3.63) is 41.5 Å². The van der Waals surface area contributed by atoms with Gasteiger partial charge in [-0.3, -0.25) is 4.79 Å². The number of nitrogens with one attached hydrogen (secondary N) is 1. The molecule has 2 aromatic rings. The predicted molar refractivity (Wildman–Crippen MR) is 108 cm³/mol. The predicted octanol–water partition coefficient (Wildman–Crippen LogP) is 3.09. The van der Waals surface area contributed by atoms with Gasteiger partial charge in [0.2, 0.25) is 5.82 Å². The van der Waals surface area contributed by atoms with Crippen molar-refractivity contribution in [2.75, 3.05) is 13.1 Å². The first-order valence-electron chi connectivity index (χ1n) is 9.62. The number of hydrogen-bond donors (Lipinski definition) is 1. The van der Waals surface area contributed by atoms with Crippen molar-refractivity contribution < 1.29 is 4.79 Å². The third kappa shape index (κ3) is 3.60. The Kier molecular flexibility index (Phi) is 5.86. The fourth-order valence-electron chi connectivity index (χ4n) is 4.31.